The second-order valence-electron chi connectivity index (χ2n) is 5.88. The van der Waals surface area contributed by atoms with Crippen LogP contribution in [-0.2, 0) is 6.42 Å². The summed E-state index contributed by atoms with van der Waals surface area (Å²) in [6, 6.07) is 0. The van der Waals surface area contributed by atoms with Crippen molar-refractivity contribution in [3.63, 3.8) is 0 Å². The smallest absolute Gasteiger partial charge is 0.276 e. The van der Waals surface area contributed by atoms with Gasteiger partial charge in [0.1, 0.15) is 0 Å². The number of likely N-dealkylation sites (tertiary alicyclic amines) is 1. The molecule has 2 atom stereocenters. The Kier molecular flexibility index (Phi) is 3.21. The summed E-state index contributed by atoms with van der Waals surface area (Å²) in [4.78, 5) is 14.4. The highest BCUT2D eigenvalue weighted by molar-refractivity contribution is 5.97. The number of aromatic nitrogens is 2. The molecular weight excluding hydrogens is 240 g/mol. The van der Waals surface area contributed by atoms with Crippen molar-refractivity contribution in [2.75, 3.05) is 18.8 Å². The number of amides is 1. The Morgan fingerprint density at radius 2 is 2.11 bits per heavy atom. The second kappa shape index (κ2) is 4.87. The first kappa shape index (κ1) is 12.5. The van der Waals surface area contributed by atoms with E-state index in [4.69, 9.17) is 5.73 Å². The number of hydrogen-bond acceptors (Lipinski definition) is 3. The van der Waals surface area contributed by atoms with E-state index in [9.17, 15) is 4.79 Å². The van der Waals surface area contributed by atoms with Gasteiger partial charge in [0, 0.05) is 13.1 Å². The van der Waals surface area contributed by atoms with Gasteiger partial charge in [-0.05, 0) is 31.1 Å². The van der Waals surface area contributed by atoms with Crippen LogP contribution in [0.15, 0.2) is 0 Å². The van der Waals surface area contributed by atoms with E-state index in [0.717, 1.165) is 31.6 Å². The molecule has 2 fully saturated rings. The van der Waals surface area contributed by atoms with E-state index >= 15 is 0 Å². The van der Waals surface area contributed by atoms with Crippen LogP contribution in [0.4, 0.5) is 5.69 Å². The number of fused-ring (bicyclic) bond motifs is 1. The van der Waals surface area contributed by atoms with Crippen LogP contribution in [0.2, 0.25) is 0 Å². The maximum atomic E-state index is 12.5. The van der Waals surface area contributed by atoms with E-state index in [1.807, 2.05) is 4.90 Å². The van der Waals surface area contributed by atoms with E-state index in [1.165, 1.54) is 19.3 Å². The zero-order chi connectivity index (χ0) is 13.4. The van der Waals surface area contributed by atoms with Crippen LogP contribution < -0.4 is 5.73 Å². The van der Waals surface area contributed by atoms with Crippen LogP contribution in [0.3, 0.4) is 0 Å². The van der Waals surface area contributed by atoms with Gasteiger partial charge in [0.2, 0.25) is 0 Å². The van der Waals surface area contributed by atoms with Gasteiger partial charge in [0.15, 0.2) is 5.69 Å². The highest BCUT2D eigenvalue weighted by Crippen LogP contribution is 2.38. The molecule has 5 nitrogen and oxygen atoms in total. The van der Waals surface area contributed by atoms with E-state index in [-0.39, 0.29) is 5.91 Å². The van der Waals surface area contributed by atoms with Crippen molar-refractivity contribution in [1.82, 2.24) is 15.1 Å². The predicted octanol–water partition coefficient (Wildman–Crippen LogP) is 1.82. The summed E-state index contributed by atoms with van der Waals surface area (Å²) in [5.41, 5.74) is 7.89. The van der Waals surface area contributed by atoms with Gasteiger partial charge in [-0.3, -0.25) is 9.89 Å². The molecule has 19 heavy (non-hydrogen) atoms. The average Bonchev–Trinajstić information content (AvgIpc) is 3.04. The summed E-state index contributed by atoms with van der Waals surface area (Å²) in [5.74, 6) is 1.42. The largest absolute Gasteiger partial charge is 0.395 e. The zero-order valence-electron chi connectivity index (χ0n) is 11.5. The fourth-order valence-electron chi connectivity index (χ4n) is 3.54. The number of carbonyl (C=O) groups excluding carboxylic acids is 1. The van der Waals surface area contributed by atoms with Crippen molar-refractivity contribution in [3.05, 3.63) is 11.4 Å². The number of H-pyrrole nitrogens is 1. The molecule has 1 amide bonds. The maximum absolute atomic E-state index is 12.5. The molecule has 1 saturated heterocycles. The molecule has 104 valence electrons. The van der Waals surface area contributed by atoms with Gasteiger partial charge in [0.05, 0.1) is 11.4 Å². The van der Waals surface area contributed by atoms with Crippen LogP contribution in [0.5, 0.6) is 0 Å². The van der Waals surface area contributed by atoms with Crippen LogP contribution in [0.25, 0.3) is 0 Å². The van der Waals surface area contributed by atoms with Crippen LogP contribution in [0, 0.1) is 11.8 Å². The maximum Gasteiger partial charge on any atom is 0.276 e. The first-order valence-corrected chi connectivity index (χ1v) is 7.32. The molecule has 0 aromatic carbocycles. The standard InChI is InChI=1S/C14H22N4O/c1-2-4-11-12(15)13(17-16-11)14(19)18-7-9-5-3-6-10(9)8-18/h9-10H,2-8,15H2,1H3,(H,16,17). The van der Waals surface area contributed by atoms with E-state index in [2.05, 4.69) is 17.1 Å². The van der Waals surface area contributed by atoms with Crippen molar-refractivity contribution in [2.24, 2.45) is 11.8 Å². The molecule has 2 heterocycles. The minimum Gasteiger partial charge on any atom is -0.395 e. The molecule has 1 aliphatic carbocycles. The lowest BCUT2D eigenvalue weighted by Crippen LogP contribution is -2.30. The summed E-state index contributed by atoms with van der Waals surface area (Å²) in [5, 5.41) is 7.04. The molecule has 2 unspecified atom stereocenters. The SMILES string of the molecule is CCCc1[nH]nc(C(=O)N2CC3CCCC3C2)c1N. The fourth-order valence-corrected chi connectivity index (χ4v) is 3.54. The van der Waals surface area contributed by atoms with E-state index in [0.29, 0.717) is 23.2 Å². The van der Waals surface area contributed by atoms with E-state index < -0.39 is 0 Å². The number of carbonyl (C=O) groups is 1. The summed E-state index contributed by atoms with van der Waals surface area (Å²) >= 11 is 0. The third kappa shape index (κ3) is 2.11. The van der Waals surface area contributed by atoms with Crippen LogP contribution in [0.1, 0.15) is 48.8 Å². The average molecular weight is 262 g/mol. The van der Waals surface area contributed by atoms with Crippen molar-refractivity contribution < 1.29 is 4.79 Å². The number of hydrogen-bond donors (Lipinski definition) is 2. The summed E-state index contributed by atoms with van der Waals surface area (Å²) in [6.45, 7) is 3.86. The highest BCUT2D eigenvalue weighted by atomic mass is 16.2. The number of aryl methyl sites for hydroxylation is 1. The first-order chi connectivity index (χ1) is 9.20. The van der Waals surface area contributed by atoms with Crippen molar-refractivity contribution in [1.29, 1.82) is 0 Å². The third-order valence-electron chi connectivity index (χ3n) is 4.60. The molecule has 2 aliphatic rings. The molecular formula is C14H22N4O. The summed E-state index contributed by atoms with van der Waals surface area (Å²) in [7, 11) is 0. The molecule has 1 aliphatic heterocycles. The minimum absolute atomic E-state index is 0.00510. The van der Waals surface area contributed by atoms with Crippen molar-refractivity contribution >= 4 is 11.6 Å². The van der Waals surface area contributed by atoms with E-state index in [1.54, 1.807) is 0 Å². The molecule has 0 bridgehead atoms. The summed E-state index contributed by atoms with van der Waals surface area (Å²) in [6.07, 6.45) is 5.70. The van der Waals surface area contributed by atoms with Gasteiger partial charge < -0.3 is 10.6 Å². The van der Waals surface area contributed by atoms with Crippen LogP contribution >= 0.6 is 0 Å². The Morgan fingerprint density at radius 3 is 2.74 bits per heavy atom. The first-order valence-electron chi connectivity index (χ1n) is 7.32. The van der Waals surface area contributed by atoms with Gasteiger partial charge in [-0.1, -0.05) is 19.8 Å². The van der Waals surface area contributed by atoms with Crippen molar-refractivity contribution in [3.8, 4) is 0 Å². The Morgan fingerprint density at radius 1 is 1.42 bits per heavy atom. The fraction of sp³-hybridized carbons (Fsp3) is 0.714. The number of nitrogens with two attached hydrogens (primary N) is 1. The number of anilines is 1. The zero-order valence-corrected chi connectivity index (χ0v) is 11.5. The molecule has 0 spiro atoms. The van der Waals surface area contributed by atoms with Gasteiger partial charge in [-0.25, -0.2) is 0 Å². The Balaban J connectivity index is 1.74. The monoisotopic (exact) mass is 262 g/mol. The molecule has 3 rings (SSSR count). The van der Waals surface area contributed by atoms with Crippen molar-refractivity contribution in [2.45, 2.75) is 39.0 Å². The summed E-state index contributed by atoms with van der Waals surface area (Å²) < 4.78 is 0. The van der Waals surface area contributed by atoms with Gasteiger partial charge >= 0.3 is 0 Å². The number of aromatic amines is 1. The molecule has 1 saturated carbocycles. The molecule has 3 N–H and O–H groups in total. The third-order valence-corrected chi connectivity index (χ3v) is 4.60. The topological polar surface area (TPSA) is 75.0 Å². The number of nitrogens with zero attached hydrogens (tertiary/aromatic N) is 2. The molecule has 1 aromatic heterocycles. The van der Waals surface area contributed by atoms with Crippen LogP contribution in [-0.4, -0.2) is 34.1 Å². The lowest BCUT2D eigenvalue weighted by molar-refractivity contribution is 0.0776. The highest BCUT2D eigenvalue weighted by Gasteiger charge is 2.39. The number of nitrogens with one attached hydrogen (secondary N) is 1. The number of rotatable bonds is 3. The van der Waals surface area contributed by atoms with Gasteiger partial charge in [-0.15, -0.1) is 0 Å². The quantitative estimate of drug-likeness (QED) is 0.872. The lowest BCUT2D eigenvalue weighted by atomic mass is 10.0. The molecule has 1 aromatic rings. The Hall–Kier alpha value is -1.52. The lowest BCUT2D eigenvalue weighted by Gasteiger charge is -2.16. The minimum atomic E-state index is 0.00510. The molecule has 0 radical (unpaired) electrons. The Bertz CT molecular complexity index is 470. The normalized spacial score (nSPS) is 25.8. The van der Waals surface area contributed by atoms with Gasteiger partial charge in [0.25, 0.3) is 5.91 Å². The van der Waals surface area contributed by atoms with Gasteiger partial charge in [-0.2, -0.15) is 5.10 Å². The second-order valence-corrected chi connectivity index (χ2v) is 5.88. The predicted molar refractivity (Wildman–Crippen MR) is 73.7 cm³/mol. The number of nitrogen functional groups attached to an aromatic ring is 1. The Labute approximate surface area is 113 Å². The molecule has 5 heteroatoms.